The summed E-state index contributed by atoms with van der Waals surface area (Å²) in [4.78, 5) is 15.6. The molecule has 0 aliphatic rings. The molecule has 88 valence electrons. The number of anilines is 2. The molecule has 0 aliphatic carbocycles. The minimum atomic E-state index is -0.370. The molecule has 0 saturated carbocycles. The van der Waals surface area contributed by atoms with E-state index in [9.17, 15) is 4.79 Å². The molecule has 0 fully saturated rings. The molecule has 0 aliphatic heterocycles. The zero-order valence-electron chi connectivity index (χ0n) is 9.01. The van der Waals surface area contributed by atoms with Gasteiger partial charge in [0.05, 0.1) is 17.4 Å². The maximum Gasteiger partial charge on any atom is 0.259 e. The third-order valence-corrected chi connectivity index (χ3v) is 2.31. The molecule has 0 atom stereocenters. The molecular formula is C10H10ClN5O. The maximum absolute atomic E-state index is 11.9. The van der Waals surface area contributed by atoms with E-state index in [1.807, 2.05) is 0 Å². The molecule has 3 N–H and O–H groups in total. The Hall–Kier alpha value is -2.08. The Balaban J connectivity index is 2.22. The van der Waals surface area contributed by atoms with Crippen molar-refractivity contribution in [1.82, 2.24) is 14.8 Å². The molecule has 2 aromatic heterocycles. The second kappa shape index (κ2) is 4.42. The first-order chi connectivity index (χ1) is 8.06. The van der Waals surface area contributed by atoms with Gasteiger partial charge in [0.2, 0.25) is 0 Å². The first-order valence-corrected chi connectivity index (χ1v) is 5.16. The van der Waals surface area contributed by atoms with Gasteiger partial charge < -0.3 is 11.1 Å². The third-order valence-electron chi connectivity index (χ3n) is 2.10. The lowest BCUT2D eigenvalue weighted by atomic mass is 10.2. The van der Waals surface area contributed by atoms with Gasteiger partial charge in [-0.3, -0.25) is 9.48 Å². The van der Waals surface area contributed by atoms with Crippen molar-refractivity contribution in [3.05, 3.63) is 35.2 Å². The second-order valence-corrected chi connectivity index (χ2v) is 3.81. The number of pyridine rings is 1. The van der Waals surface area contributed by atoms with Gasteiger partial charge in [-0.1, -0.05) is 11.6 Å². The molecule has 0 unspecified atom stereocenters. The van der Waals surface area contributed by atoms with Crippen molar-refractivity contribution in [1.29, 1.82) is 0 Å². The summed E-state index contributed by atoms with van der Waals surface area (Å²) < 4.78 is 1.58. The van der Waals surface area contributed by atoms with Gasteiger partial charge in [-0.2, -0.15) is 5.10 Å². The van der Waals surface area contributed by atoms with E-state index >= 15 is 0 Å². The fourth-order valence-electron chi connectivity index (χ4n) is 1.30. The summed E-state index contributed by atoms with van der Waals surface area (Å²) >= 11 is 5.70. The zero-order chi connectivity index (χ0) is 12.4. The van der Waals surface area contributed by atoms with Crippen LogP contribution in [0.2, 0.25) is 5.15 Å². The highest BCUT2D eigenvalue weighted by Crippen LogP contribution is 2.16. The molecule has 2 heterocycles. The monoisotopic (exact) mass is 251 g/mol. The molecule has 0 saturated heterocycles. The van der Waals surface area contributed by atoms with Crippen molar-refractivity contribution in [2.24, 2.45) is 7.05 Å². The minimum absolute atomic E-state index is 0.213. The molecule has 1 amide bonds. The van der Waals surface area contributed by atoms with E-state index in [2.05, 4.69) is 15.4 Å². The molecular weight excluding hydrogens is 242 g/mol. The normalized spacial score (nSPS) is 10.2. The topological polar surface area (TPSA) is 85.8 Å². The van der Waals surface area contributed by atoms with Gasteiger partial charge in [0.1, 0.15) is 5.15 Å². The Kier molecular flexibility index (Phi) is 2.97. The van der Waals surface area contributed by atoms with Gasteiger partial charge in [0, 0.05) is 19.3 Å². The average molecular weight is 252 g/mol. The van der Waals surface area contributed by atoms with Gasteiger partial charge in [-0.15, -0.1) is 0 Å². The highest BCUT2D eigenvalue weighted by molar-refractivity contribution is 6.30. The van der Waals surface area contributed by atoms with Gasteiger partial charge in [0.25, 0.3) is 5.91 Å². The van der Waals surface area contributed by atoms with Gasteiger partial charge >= 0.3 is 0 Å². The molecule has 0 aromatic carbocycles. The van der Waals surface area contributed by atoms with Crippen LogP contribution in [-0.4, -0.2) is 20.7 Å². The molecule has 0 spiro atoms. The number of hydrogen-bond acceptors (Lipinski definition) is 4. The molecule has 6 nitrogen and oxygen atoms in total. The van der Waals surface area contributed by atoms with Crippen molar-refractivity contribution in [3.8, 4) is 0 Å². The molecule has 7 heteroatoms. The number of nitrogens with one attached hydrogen (secondary N) is 1. The SMILES string of the molecule is Cn1ccc(NC(=O)c2cc(Cl)ncc2N)n1. The van der Waals surface area contributed by atoms with Crippen molar-refractivity contribution in [2.75, 3.05) is 11.1 Å². The number of carbonyl (C=O) groups is 1. The number of hydrogen-bond donors (Lipinski definition) is 2. The van der Waals surface area contributed by atoms with E-state index in [0.29, 0.717) is 5.82 Å². The van der Waals surface area contributed by atoms with Crippen LogP contribution in [0.15, 0.2) is 24.5 Å². The lowest BCUT2D eigenvalue weighted by molar-refractivity contribution is 0.102. The van der Waals surface area contributed by atoms with Crippen molar-refractivity contribution >= 4 is 29.0 Å². The number of nitrogens with zero attached hydrogens (tertiary/aromatic N) is 3. The molecule has 2 aromatic rings. The molecule has 0 bridgehead atoms. The summed E-state index contributed by atoms with van der Waals surface area (Å²) in [6.45, 7) is 0. The minimum Gasteiger partial charge on any atom is -0.397 e. The summed E-state index contributed by atoms with van der Waals surface area (Å²) in [5.41, 5.74) is 6.18. The van der Waals surface area contributed by atoms with E-state index in [-0.39, 0.29) is 22.3 Å². The number of aryl methyl sites for hydroxylation is 1. The number of nitrogens with two attached hydrogens (primary N) is 1. The molecule has 0 radical (unpaired) electrons. The summed E-state index contributed by atoms with van der Waals surface area (Å²) in [7, 11) is 1.76. The predicted octanol–water partition coefficient (Wildman–Crippen LogP) is 1.30. The Morgan fingerprint density at radius 3 is 3.00 bits per heavy atom. The maximum atomic E-state index is 11.9. The van der Waals surface area contributed by atoms with Crippen LogP contribution >= 0.6 is 11.6 Å². The summed E-state index contributed by atoms with van der Waals surface area (Å²) in [5.74, 6) is 0.0790. The summed E-state index contributed by atoms with van der Waals surface area (Å²) in [6.07, 6.45) is 3.06. The van der Waals surface area contributed by atoms with Crippen LogP contribution in [0.25, 0.3) is 0 Å². The smallest absolute Gasteiger partial charge is 0.259 e. The van der Waals surface area contributed by atoms with Crippen LogP contribution in [-0.2, 0) is 7.05 Å². The van der Waals surface area contributed by atoms with Gasteiger partial charge in [-0.25, -0.2) is 4.98 Å². The van der Waals surface area contributed by atoms with Gasteiger partial charge in [0.15, 0.2) is 5.82 Å². The van der Waals surface area contributed by atoms with E-state index in [1.165, 1.54) is 12.3 Å². The fraction of sp³-hybridized carbons (Fsp3) is 0.100. The molecule has 17 heavy (non-hydrogen) atoms. The standard InChI is InChI=1S/C10H10ClN5O/c1-16-3-2-9(15-16)14-10(17)6-4-8(11)13-5-7(6)12/h2-5H,12H2,1H3,(H,14,15,17). The number of amides is 1. The second-order valence-electron chi connectivity index (χ2n) is 3.42. The lowest BCUT2D eigenvalue weighted by Crippen LogP contribution is -2.14. The largest absolute Gasteiger partial charge is 0.397 e. The van der Waals surface area contributed by atoms with E-state index < -0.39 is 0 Å². The van der Waals surface area contributed by atoms with Crippen LogP contribution < -0.4 is 11.1 Å². The summed E-state index contributed by atoms with van der Waals surface area (Å²) in [5, 5.41) is 6.85. The Morgan fingerprint density at radius 2 is 2.35 bits per heavy atom. The van der Waals surface area contributed by atoms with Crippen LogP contribution in [0.1, 0.15) is 10.4 Å². The first kappa shape index (κ1) is 11.4. The number of aromatic nitrogens is 3. The Bertz CT molecular complexity index is 566. The lowest BCUT2D eigenvalue weighted by Gasteiger charge is -2.05. The number of carbonyl (C=O) groups excluding carboxylic acids is 1. The first-order valence-electron chi connectivity index (χ1n) is 4.78. The van der Waals surface area contributed by atoms with E-state index in [0.717, 1.165) is 0 Å². The van der Waals surface area contributed by atoms with Crippen molar-refractivity contribution < 1.29 is 4.79 Å². The quantitative estimate of drug-likeness (QED) is 0.788. The van der Waals surface area contributed by atoms with Crippen molar-refractivity contribution in [2.45, 2.75) is 0 Å². The number of halogens is 1. The summed E-state index contributed by atoms with van der Waals surface area (Å²) in [6, 6.07) is 3.09. The number of nitrogen functional groups attached to an aromatic ring is 1. The van der Waals surface area contributed by atoms with Gasteiger partial charge in [-0.05, 0) is 6.07 Å². The van der Waals surface area contributed by atoms with E-state index in [4.69, 9.17) is 17.3 Å². The highest BCUT2D eigenvalue weighted by Gasteiger charge is 2.12. The fourth-order valence-corrected chi connectivity index (χ4v) is 1.46. The number of rotatable bonds is 2. The third kappa shape index (κ3) is 2.54. The van der Waals surface area contributed by atoms with E-state index in [1.54, 1.807) is 24.0 Å². The average Bonchev–Trinajstić information content (AvgIpc) is 2.67. The Labute approximate surface area is 102 Å². The van der Waals surface area contributed by atoms with Crippen LogP contribution in [0.3, 0.4) is 0 Å². The van der Waals surface area contributed by atoms with Crippen LogP contribution in [0.4, 0.5) is 11.5 Å². The van der Waals surface area contributed by atoms with Crippen LogP contribution in [0.5, 0.6) is 0 Å². The van der Waals surface area contributed by atoms with Crippen LogP contribution in [0, 0.1) is 0 Å². The Morgan fingerprint density at radius 1 is 1.59 bits per heavy atom. The predicted molar refractivity (Wildman–Crippen MR) is 64.8 cm³/mol. The zero-order valence-corrected chi connectivity index (χ0v) is 9.77. The van der Waals surface area contributed by atoms with Crippen molar-refractivity contribution in [3.63, 3.8) is 0 Å². The molecule has 2 rings (SSSR count). The highest BCUT2D eigenvalue weighted by atomic mass is 35.5.